The van der Waals surface area contributed by atoms with Crippen molar-refractivity contribution in [1.29, 1.82) is 0 Å². The predicted octanol–water partition coefficient (Wildman–Crippen LogP) is 3.63. The molecule has 1 heterocycles. The number of rotatable bonds is 3. The van der Waals surface area contributed by atoms with E-state index in [9.17, 15) is 31.5 Å². The third kappa shape index (κ3) is 3.11. The van der Waals surface area contributed by atoms with E-state index in [1.54, 1.807) is 0 Å². The Balaban J connectivity index is 3.17. The van der Waals surface area contributed by atoms with Gasteiger partial charge in [-0.1, -0.05) is 0 Å². The minimum absolute atomic E-state index is 0.147. The maximum absolute atomic E-state index is 14.4. The predicted molar refractivity (Wildman–Crippen MR) is 81.6 cm³/mol. The van der Waals surface area contributed by atoms with Crippen LogP contribution in [0.4, 0.5) is 22.0 Å². The average Bonchev–Trinajstić information content (AvgIpc) is 2.63. The summed E-state index contributed by atoms with van der Waals surface area (Å²) in [4.78, 5) is 28.2. The molecule has 0 unspecified atom stereocenters. The molecular formula is C17H12F5NO4. The standard InChI is InChI=1S/C17H12F5NO4/c1-5-7(16(24)26-3)9(8(6(2)23-5)17(25)27-4)10-11(18)13(20)15(22)14(21)12(10)19/h1-4H3. The third-order valence-electron chi connectivity index (χ3n) is 3.80. The van der Waals surface area contributed by atoms with Gasteiger partial charge in [0.05, 0.1) is 42.3 Å². The molecule has 0 aliphatic carbocycles. The zero-order valence-corrected chi connectivity index (χ0v) is 14.5. The molecule has 2 aromatic rings. The van der Waals surface area contributed by atoms with Crippen LogP contribution in [-0.2, 0) is 9.47 Å². The highest BCUT2D eigenvalue weighted by atomic mass is 19.2. The molecule has 0 aliphatic rings. The van der Waals surface area contributed by atoms with Crippen molar-refractivity contribution < 1.29 is 41.0 Å². The number of esters is 2. The number of aryl methyl sites for hydroxylation is 2. The summed E-state index contributed by atoms with van der Waals surface area (Å²) >= 11 is 0. The Morgan fingerprint density at radius 3 is 1.33 bits per heavy atom. The van der Waals surface area contributed by atoms with E-state index in [-0.39, 0.29) is 11.4 Å². The summed E-state index contributed by atoms with van der Waals surface area (Å²) in [6.45, 7) is 2.49. The highest BCUT2D eigenvalue weighted by molar-refractivity contribution is 6.07. The van der Waals surface area contributed by atoms with Crippen molar-refractivity contribution in [3.05, 3.63) is 51.6 Å². The third-order valence-corrected chi connectivity index (χ3v) is 3.80. The number of pyridine rings is 1. The fraction of sp³-hybridized carbons (Fsp3) is 0.235. The number of carbonyl (C=O) groups excluding carboxylic acids is 2. The molecule has 0 atom stereocenters. The molecule has 0 N–H and O–H groups in total. The van der Waals surface area contributed by atoms with Crippen LogP contribution in [0.1, 0.15) is 32.1 Å². The molecule has 144 valence electrons. The second-order valence-corrected chi connectivity index (χ2v) is 5.34. The molecule has 5 nitrogen and oxygen atoms in total. The van der Waals surface area contributed by atoms with Gasteiger partial charge < -0.3 is 9.47 Å². The zero-order valence-electron chi connectivity index (χ0n) is 14.5. The average molecular weight is 389 g/mol. The molecule has 0 saturated carbocycles. The first-order valence-corrected chi connectivity index (χ1v) is 7.28. The highest BCUT2D eigenvalue weighted by Crippen LogP contribution is 2.38. The number of halogens is 5. The summed E-state index contributed by atoms with van der Waals surface area (Å²) in [5.41, 5.74) is -3.87. The normalized spacial score (nSPS) is 10.7. The second-order valence-electron chi connectivity index (χ2n) is 5.34. The fourth-order valence-corrected chi connectivity index (χ4v) is 2.63. The molecule has 1 aromatic carbocycles. The summed E-state index contributed by atoms with van der Waals surface area (Å²) in [5.74, 6) is -13.7. The van der Waals surface area contributed by atoms with Crippen LogP contribution in [0.3, 0.4) is 0 Å². The lowest BCUT2D eigenvalue weighted by molar-refractivity contribution is 0.0599. The minimum Gasteiger partial charge on any atom is -0.465 e. The first-order chi connectivity index (χ1) is 12.6. The van der Waals surface area contributed by atoms with E-state index in [0.717, 1.165) is 14.2 Å². The summed E-state index contributed by atoms with van der Waals surface area (Å²) in [7, 11) is 1.86. The van der Waals surface area contributed by atoms with Gasteiger partial charge in [-0.05, 0) is 13.8 Å². The molecule has 10 heteroatoms. The van der Waals surface area contributed by atoms with E-state index in [1.165, 1.54) is 13.8 Å². The van der Waals surface area contributed by atoms with E-state index in [0.29, 0.717) is 0 Å². The van der Waals surface area contributed by atoms with Crippen LogP contribution in [0.2, 0.25) is 0 Å². The number of aromatic nitrogens is 1. The molecule has 0 fully saturated rings. The van der Waals surface area contributed by atoms with Gasteiger partial charge in [0.2, 0.25) is 5.82 Å². The van der Waals surface area contributed by atoms with E-state index in [1.807, 2.05) is 0 Å². The summed E-state index contributed by atoms with van der Waals surface area (Å²) in [6.07, 6.45) is 0. The SMILES string of the molecule is COC(=O)c1c(C)nc(C)c(C(=O)OC)c1-c1c(F)c(F)c(F)c(F)c1F. The van der Waals surface area contributed by atoms with Crippen molar-refractivity contribution in [2.45, 2.75) is 13.8 Å². The van der Waals surface area contributed by atoms with Crippen LogP contribution in [0.15, 0.2) is 0 Å². The van der Waals surface area contributed by atoms with Crippen molar-refractivity contribution in [3.8, 4) is 11.1 Å². The van der Waals surface area contributed by atoms with Crippen molar-refractivity contribution in [2.24, 2.45) is 0 Å². The molecular weight excluding hydrogens is 377 g/mol. The topological polar surface area (TPSA) is 65.5 Å². The lowest BCUT2D eigenvalue weighted by Crippen LogP contribution is -2.18. The Morgan fingerprint density at radius 2 is 1.00 bits per heavy atom. The highest BCUT2D eigenvalue weighted by Gasteiger charge is 2.34. The number of carbonyl (C=O) groups is 2. The van der Waals surface area contributed by atoms with E-state index in [4.69, 9.17) is 0 Å². The molecule has 0 spiro atoms. The first-order valence-electron chi connectivity index (χ1n) is 7.28. The molecule has 2 rings (SSSR count). The lowest BCUT2D eigenvalue weighted by Gasteiger charge is -2.18. The van der Waals surface area contributed by atoms with Gasteiger partial charge in [0, 0.05) is 5.56 Å². The Bertz CT molecular complexity index is 906. The van der Waals surface area contributed by atoms with Crippen LogP contribution >= 0.6 is 0 Å². The van der Waals surface area contributed by atoms with Gasteiger partial charge in [-0.25, -0.2) is 31.5 Å². The summed E-state index contributed by atoms with van der Waals surface area (Å²) in [5, 5.41) is 0. The van der Waals surface area contributed by atoms with Crippen LogP contribution in [0.25, 0.3) is 11.1 Å². The van der Waals surface area contributed by atoms with Gasteiger partial charge in [0.25, 0.3) is 0 Å². The molecule has 0 radical (unpaired) electrons. The quantitative estimate of drug-likeness (QED) is 0.347. The van der Waals surface area contributed by atoms with Crippen LogP contribution in [0, 0.1) is 42.9 Å². The second kappa shape index (κ2) is 7.29. The molecule has 1 aromatic heterocycles. The van der Waals surface area contributed by atoms with Gasteiger partial charge in [-0.2, -0.15) is 0 Å². The largest absolute Gasteiger partial charge is 0.465 e. The molecule has 0 amide bonds. The number of methoxy groups -OCH3 is 2. The van der Waals surface area contributed by atoms with Crippen molar-refractivity contribution in [3.63, 3.8) is 0 Å². The van der Waals surface area contributed by atoms with Gasteiger partial charge in [0.15, 0.2) is 23.3 Å². The fourth-order valence-electron chi connectivity index (χ4n) is 2.63. The molecule has 27 heavy (non-hydrogen) atoms. The van der Waals surface area contributed by atoms with Crippen molar-refractivity contribution in [2.75, 3.05) is 14.2 Å². The molecule has 0 saturated heterocycles. The van der Waals surface area contributed by atoms with Crippen LogP contribution in [-0.4, -0.2) is 31.1 Å². The zero-order chi connectivity index (χ0) is 20.6. The number of ether oxygens (including phenoxy) is 2. The Morgan fingerprint density at radius 1 is 0.667 bits per heavy atom. The smallest absolute Gasteiger partial charge is 0.340 e. The molecule has 0 aliphatic heterocycles. The number of benzene rings is 1. The monoisotopic (exact) mass is 389 g/mol. The number of nitrogens with zero attached hydrogens (tertiary/aromatic N) is 1. The van der Waals surface area contributed by atoms with Crippen LogP contribution in [0.5, 0.6) is 0 Å². The van der Waals surface area contributed by atoms with Crippen LogP contribution < -0.4 is 0 Å². The Hall–Kier alpha value is -3.04. The number of hydrogen-bond donors (Lipinski definition) is 0. The van der Waals surface area contributed by atoms with E-state index >= 15 is 0 Å². The van der Waals surface area contributed by atoms with E-state index in [2.05, 4.69) is 14.5 Å². The molecule has 0 bridgehead atoms. The van der Waals surface area contributed by atoms with Gasteiger partial charge in [0.1, 0.15) is 0 Å². The Kier molecular flexibility index (Phi) is 5.48. The van der Waals surface area contributed by atoms with Gasteiger partial charge in [-0.3, -0.25) is 4.98 Å². The van der Waals surface area contributed by atoms with Crippen molar-refractivity contribution >= 4 is 11.9 Å². The Labute approximate surface area is 149 Å². The summed E-state index contributed by atoms with van der Waals surface area (Å²) in [6, 6.07) is 0. The van der Waals surface area contributed by atoms with Gasteiger partial charge in [-0.15, -0.1) is 0 Å². The maximum atomic E-state index is 14.4. The van der Waals surface area contributed by atoms with Gasteiger partial charge >= 0.3 is 11.9 Å². The summed E-state index contributed by atoms with van der Waals surface area (Å²) < 4.78 is 78.6. The lowest BCUT2D eigenvalue weighted by atomic mass is 9.91. The maximum Gasteiger partial charge on any atom is 0.340 e. The minimum atomic E-state index is -2.38. The number of hydrogen-bond acceptors (Lipinski definition) is 5. The first kappa shape index (κ1) is 20.3. The van der Waals surface area contributed by atoms with Crippen molar-refractivity contribution in [1.82, 2.24) is 4.98 Å². The van der Waals surface area contributed by atoms with E-state index < -0.39 is 63.3 Å².